The normalized spacial score (nSPS) is 24.1. The Morgan fingerprint density at radius 2 is 2.05 bits per heavy atom. The van der Waals surface area contributed by atoms with Gasteiger partial charge in [0.25, 0.3) is 10.1 Å². The van der Waals surface area contributed by atoms with E-state index in [-0.39, 0.29) is 17.9 Å². The SMILES string of the molecule is Cc1ccc(S(=O)(=O)OCC(O)CC2(O)CCOC2)cc1. The molecule has 21 heavy (non-hydrogen) atoms. The van der Waals surface area contributed by atoms with Crippen molar-refractivity contribution < 1.29 is 27.6 Å². The van der Waals surface area contributed by atoms with Crippen LogP contribution in [0.2, 0.25) is 0 Å². The molecule has 7 heteroatoms. The molecule has 0 aromatic heterocycles. The predicted octanol–water partition coefficient (Wildman–Crippen LogP) is 0.603. The molecule has 0 aliphatic carbocycles. The summed E-state index contributed by atoms with van der Waals surface area (Å²) in [4.78, 5) is 0.0446. The number of aliphatic hydroxyl groups is 2. The zero-order chi connectivity index (χ0) is 15.5. The fourth-order valence-corrected chi connectivity index (χ4v) is 3.14. The third-order valence-electron chi connectivity index (χ3n) is 3.42. The molecule has 2 atom stereocenters. The topological polar surface area (TPSA) is 93.1 Å². The fraction of sp³-hybridized carbons (Fsp3) is 0.571. The van der Waals surface area contributed by atoms with E-state index in [4.69, 9.17) is 8.92 Å². The van der Waals surface area contributed by atoms with Gasteiger partial charge >= 0.3 is 0 Å². The molecule has 6 nitrogen and oxygen atoms in total. The van der Waals surface area contributed by atoms with Gasteiger partial charge in [0.2, 0.25) is 0 Å². The Labute approximate surface area is 124 Å². The molecule has 0 saturated carbocycles. The maximum atomic E-state index is 11.9. The maximum absolute atomic E-state index is 11.9. The highest BCUT2D eigenvalue weighted by molar-refractivity contribution is 7.86. The van der Waals surface area contributed by atoms with Gasteiger partial charge in [-0.05, 0) is 19.1 Å². The van der Waals surface area contributed by atoms with E-state index in [1.807, 2.05) is 6.92 Å². The minimum atomic E-state index is -3.90. The van der Waals surface area contributed by atoms with Gasteiger partial charge in [-0.3, -0.25) is 4.18 Å². The van der Waals surface area contributed by atoms with Crippen LogP contribution < -0.4 is 0 Å². The smallest absolute Gasteiger partial charge is 0.297 e. The quantitative estimate of drug-likeness (QED) is 0.747. The van der Waals surface area contributed by atoms with Crippen molar-refractivity contribution in [1.82, 2.24) is 0 Å². The monoisotopic (exact) mass is 316 g/mol. The second-order valence-corrected chi connectivity index (χ2v) is 7.05. The van der Waals surface area contributed by atoms with Crippen LogP contribution in [0.5, 0.6) is 0 Å². The van der Waals surface area contributed by atoms with Crippen molar-refractivity contribution in [2.24, 2.45) is 0 Å². The van der Waals surface area contributed by atoms with E-state index < -0.39 is 28.4 Å². The van der Waals surface area contributed by atoms with Gasteiger partial charge in [0.1, 0.15) is 0 Å². The van der Waals surface area contributed by atoms with Crippen LogP contribution in [0.3, 0.4) is 0 Å². The minimum absolute atomic E-state index is 0.0242. The van der Waals surface area contributed by atoms with E-state index in [1.165, 1.54) is 12.1 Å². The van der Waals surface area contributed by atoms with E-state index in [1.54, 1.807) is 12.1 Å². The first-order chi connectivity index (χ1) is 9.81. The van der Waals surface area contributed by atoms with Gasteiger partial charge in [0.05, 0.1) is 29.8 Å². The van der Waals surface area contributed by atoms with Gasteiger partial charge in [-0.15, -0.1) is 0 Å². The lowest BCUT2D eigenvalue weighted by Gasteiger charge is -2.23. The summed E-state index contributed by atoms with van der Waals surface area (Å²) in [5, 5.41) is 19.9. The molecular formula is C14H20O6S. The lowest BCUT2D eigenvalue weighted by Crippen LogP contribution is -2.35. The van der Waals surface area contributed by atoms with Crippen molar-refractivity contribution in [2.75, 3.05) is 19.8 Å². The number of hydrogen-bond acceptors (Lipinski definition) is 6. The van der Waals surface area contributed by atoms with Crippen LogP contribution in [-0.2, 0) is 19.0 Å². The van der Waals surface area contributed by atoms with E-state index >= 15 is 0 Å². The van der Waals surface area contributed by atoms with Crippen molar-refractivity contribution in [1.29, 1.82) is 0 Å². The second kappa shape index (κ2) is 6.41. The number of rotatable bonds is 6. The Hall–Kier alpha value is -0.990. The van der Waals surface area contributed by atoms with Gasteiger partial charge < -0.3 is 14.9 Å². The minimum Gasteiger partial charge on any atom is -0.391 e. The summed E-state index contributed by atoms with van der Waals surface area (Å²) in [5.74, 6) is 0. The van der Waals surface area contributed by atoms with Gasteiger partial charge in [-0.1, -0.05) is 17.7 Å². The molecule has 1 aromatic rings. The molecule has 0 amide bonds. The molecule has 2 rings (SSSR count). The molecule has 1 heterocycles. The molecule has 1 saturated heterocycles. The zero-order valence-electron chi connectivity index (χ0n) is 11.9. The molecule has 1 aromatic carbocycles. The number of ether oxygens (including phenoxy) is 1. The summed E-state index contributed by atoms with van der Waals surface area (Å²) in [6, 6.07) is 6.25. The zero-order valence-corrected chi connectivity index (χ0v) is 12.7. The first kappa shape index (κ1) is 16.4. The van der Waals surface area contributed by atoms with Crippen LogP contribution in [0, 0.1) is 6.92 Å². The number of hydrogen-bond donors (Lipinski definition) is 2. The first-order valence-corrected chi connectivity index (χ1v) is 8.16. The third-order valence-corrected chi connectivity index (χ3v) is 4.72. The van der Waals surface area contributed by atoms with Gasteiger partial charge in [-0.2, -0.15) is 8.42 Å². The molecular weight excluding hydrogens is 296 g/mol. The summed E-state index contributed by atoms with van der Waals surface area (Å²) >= 11 is 0. The molecule has 2 unspecified atom stereocenters. The van der Waals surface area contributed by atoms with E-state index in [0.717, 1.165) is 5.56 Å². The summed E-state index contributed by atoms with van der Waals surface area (Å²) in [7, 11) is -3.90. The Bertz CT molecular complexity index is 560. The lowest BCUT2D eigenvalue weighted by atomic mass is 9.96. The van der Waals surface area contributed by atoms with Gasteiger partial charge in [0.15, 0.2) is 0 Å². The molecule has 0 bridgehead atoms. The van der Waals surface area contributed by atoms with Crippen molar-refractivity contribution in [3.05, 3.63) is 29.8 Å². The lowest BCUT2D eigenvalue weighted by molar-refractivity contribution is -0.0269. The highest BCUT2D eigenvalue weighted by Gasteiger charge is 2.34. The fourth-order valence-electron chi connectivity index (χ4n) is 2.20. The van der Waals surface area contributed by atoms with Crippen LogP contribution >= 0.6 is 0 Å². The Kier molecular flexibility index (Phi) is 5.00. The molecule has 0 radical (unpaired) electrons. The predicted molar refractivity (Wildman–Crippen MR) is 75.3 cm³/mol. The van der Waals surface area contributed by atoms with E-state index in [9.17, 15) is 18.6 Å². The van der Waals surface area contributed by atoms with Crippen LogP contribution in [0.1, 0.15) is 18.4 Å². The highest BCUT2D eigenvalue weighted by atomic mass is 32.2. The Morgan fingerprint density at radius 3 is 2.62 bits per heavy atom. The number of aryl methyl sites for hydroxylation is 1. The standard InChI is InChI=1S/C14H20O6S/c1-11-2-4-13(5-3-11)21(17,18)20-9-12(15)8-14(16)6-7-19-10-14/h2-5,12,15-16H,6-10H2,1H3. The largest absolute Gasteiger partial charge is 0.391 e. The average Bonchev–Trinajstić information content (AvgIpc) is 2.83. The van der Waals surface area contributed by atoms with Crippen LogP contribution in [0.25, 0.3) is 0 Å². The van der Waals surface area contributed by atoms with Crippen molar-refractivity contribution >= 4 is 10.1 Å². The van der Waals surface area contributed by atoms with Crippen LogP contribution in [0.15, 0.2) is 29.2 Å². The molecule has 118 valence electrons. The summed E-state index contributed by atoms with van der Waals surface area (Å²) in [6.07, 6.45) is -0.623. The van der Waals surface area contributed by atoms with Crippen LogP contribution in [-0.4, -0.2) is 50.2 Å². The molecule has 0 spiro atoms. The summed E-state index contributed by atoms with van der Waals surface area (Å²) < 4.78 is 33.8. The van der Waals surface area contributed by atoms with Crippen LogP contribution in [0.4, 0.5) is 0 Å². The Morgan fingerprint density at radius 1 is 1.38 bits per heavy atom. The van der Waals surface area contributed by atoms with Crippen molar-refractivity contribution in [3.8, 4) is 0 Å². The number of benzene rings is 1. The van der Waals surface area contributed by atoms with Gasteiger partial charge in [0, 0.05) is 19.4 Å². The molecule has 2 N–H and O–H groups in total. The maximum Gasteiger partial charge on any atom is 0.297 e. The third kappa shape index (κ3) is 4.49. The summed E-state index contributed by atoms with van der Waals surface area (Å²) in [5.41, 5.74) is -0.159. The van der Waals surface area contributed by atoms with E-state index in [0.29, 0.717) is 13.0 Å². The molecule has 1 aliphatic heterocycles. The first-order valence-electron chi connectivity index (χ1n) is 6.75. The average molecular weight is 316 g/mol. The van der Waals surface area contributed by atoms with Crippen molar-refractivity contribution in [2.45, 2.75) is 36.4 Å². The molecule has 1 aliphatic rings. The Balaban J connectivity index is 1.90. The summed E-state index contributed by atoms with van der Waals surface area (Å²) in [6.45, 7) is 2.05. The van der Waals surface area contributed by atoms with E-state index in [2.05, 4.69) is 0 Å². The van der Waals surface area contributed by atoms with Gasteiger partial charge in [-0.25, -0.2) is 0 Å². The molecule has 1 fully saturated rings. The second-order valence-electron chi connectivity index (χ2n) is 5.44. The highest BCUT2D eigenvalue weighted by Crippen LogP contribution is 2.24. The number of aliphatic hydroxyl groups excluding tert-OH is 1. The van der Waals surface area contributed by atoms with Crippen molar-refractivity contribution in [3.63, 3.8) is 0 Å².